The number of carbonyl (C=O) groups excluding carboxylic acids is 1. The van der Waals surface area contributed by atoms with E-state index in [0.29, 0.717) is 5.56 Å². The van der Waals surface area contributed by atoms with E-state index in [1.807, 2.05) is 0 Å². The van der Waals surface area contributed by atoms with Gasteiger partial charge in [-0.3, -0.25) is 13.9 Å². The van der Waals surface area contributed by atoms with Crippen molar-refractivity contribution in [1.29, 1.82) is 0 Å². The van der Waals surface area contributed by atoms with Gasteiger partial charge < -0.3 is 10.1 Å². The Kier molecular flexibility index (Phi) is 9.72. The maximum Gasteiger partial charge on any atom is 0.446 e. The smallest absolute Gasteiger partial charge is 0.444 e. The summed E-state index contributed by atoms with van der Waals surface area (Å²) in [4.78, 5) is 40.7. The van der Waals surface area contributed by atoms with Crippen LogP contribution in [0.4, 0.5) is 22.4 Å². The maximum atomic E-state index is 15.1. The van der Waals surface area contributed by atoms with Gasteiger partial charge in [-0.05, 0) is 62.7 Å². The van der Waals surface area contributed by atoms with Gasteiger partial charge in [0.15, 0.2) is 0 Å². The second-order valence-corrected chi connectivity index (χ2v) is 12.1. The van der Waals surface area contributed by atoms with Crippen molar-refractivity contribution >= 4 is 17.9 Å². The minimum Gasteiger partial charge on any atom is -0.444 e. The number of hydrogen-bond acceptors (Lipinski definition) is 5. The summed E-state index contributed by atoms with van der Waals surface area (Å²) in [5.74, 6) is -0.719. The van der Waals surface area contributed by atoms with Gasteiger partial charge in [-0.1, -0.05) is 66.7 Å². The maximum absolute atomic E-state index is 15.1. The number of rotatable bonds is 8. The van der Waals surface area contributed by atoms with Crippen LogP contribution in [0.15, 0.2) is 93.3 Å². The molecule has 0 fully saturated rings. The molecule has 0 aliphatic heterocycles. The fraction of sp³-hybridized carbons (Fsp3) is 0.281. The van der Waals surface area contributed by atoms with Gasteiger partial charge in [0.1, 0.15) is 11.4 Å². The SMILES string of the molecule is Cc1c(-c2ccccc2F)c(=O)n(C[C@H](NC(=O)OC(C)(C)C)c2ccccc2)c(=O)n1Cc1ccccc1SC(F)(F)F. The van der Waals surface area contributed by atoms with E-state index < -0.39 is 40.3 Å². The van der Waals surface area contributed by atoms with Gasteiger partial charge in [-0.2, -0.15) is 13.2 Å². The molecule has 0 bridgehead atoms. The van der Waals surface area contributed by atoms with Crippen LogP contribution in [0, 0.1) is 12.7 Å². The summed E-state index contributed by atoms with van der Waals surface area (Å²) in [6.07, 6.45) is -0.792. The zero-order chi connectivity index (χ0) is 32.2. The summed E-state index contributed by atoms with van der Waals surface area (Å²) in [5, 5.41) is 2.71. The third-order valence-electron chi connectivity index (χ3n) is 6.62. The first-order valence-corrected chi connectivity index (χ1v) is 14.4. The lowest BCUT2D eigenvalue weighted by Crippen LogP contribution is -2.46. The number of ether oxygens (including phenoxy) is 1. The topological polar surface area (TPSA) is 82.3 Å². The van der Waals surface area contributed by atoms with Crippen LogP contribution in [0.5, 0.6) is 0 Å². The molecule has 7 nitrogen and oxygen atoms in total. The van der Waals surface area contributed by atoms with Crippen LogP contribution in [0.2, 0.25) is 0 Å². The van der Waals surface area contributed by atoms with Crippen molar-refractivity contribution in [1.82, 2.24) is 14.5 Å². The molecule has 3 aromatic carbocycles. The van der Waals surface area contributed by atoms with E-state index in [1.54, 1.807) is 57.2 Å². The number of carbonyl (C=O) groups is 1. The van der Waals surface area contributed by atoms with Gasteiger partial charge >= 0.3 is 17.3 Å². The average Bonchev–Trinajstić information content (AvgIpc) is 2.93. The molecule has 0 spiro atoms. The molecule has 1 aromatic heterocycles. The predicted octanol–water partition coefficient (Wildman–Crippen LogP) is 7.05. The molecule has 232 valence electrons. The van der Waals surface area contributed by atoms with E-state index in [1.165, 1.54) is 49.4 Å². The van der Waals surface area contributed by atoms with Crippen LogP contribution in [0.25, 0.3) is 11.1 Å². The molecule has 0 radical (unpaired) electrons. The van der Waals surface area contributed by atoms with Crippen LogP contribution in [-0.4, -0.2) is 26.3 Å². The molecule has 4 rings (SSSR count). The highest BCUT2D eigenvalue weighted by atomic mass is 32.2. The van der Waals surface area contributed by atoms with Crippen molar-refractivity contribution in [2.75, 3.05) is 0 Å². The van der Waals surface area contributed by atoms with Crippen molar-refractivity contribution in [2.24, 2.45) is 0 Å². The lowest BCUT2D eigenvalue weighted by molar-refractivity contribution is -0.0328. The Labute approximate surface area is 255 Å². The summed E-state index contributed by atoms with van der Waals surface area (Å²) in [6.45, 7) is 5.79. The fourth-order valence-corrected chi connectivity index (χ4v) is 5.36. The lowest BCUT2D eigenvalue weighted by Gasteiger charge is -2.25. The minimum absolute atomic E-state index is 0.0736. The number of halogens is 4. The highest BCUT2D eigenvalue weighted by molar-refractivity contribution is 8.00. The molecule has 0 unspecified atom stereocenters. The largest absolute Gasteiger partial charge is 0.446 e. The number of benzene rings is 3. The Morgan fingerprint density at radius 1 is 0.909 bits per heavy atom. The van der Waals surface area contributed by atoms with Crippen molar-refractivity contribution < 1.29 is 27.1 Å². The molecular formula is C32H31F4N3O4S. The van der Waals surface area contributed by atoms with Gasteiger partial charge in [0.05, 0.1) is 24.7 Å². The number of nitrogens with one attached hydrogen (secondary N) is 1. The zero-order valence-electron chi connectivity index (χ0n) is 24.4. The number of hydrogen-bond donors (Lipinski definition) is 1. The first kappa shape index (κ1) is 32.6. The van der Waals surface area contributed by atoms with E-state index in [9.17, 15) is 27.6 Å². The first-order chi connectivity index (χ1) is 20.6. The van der Waals surface area contributed by atoms with Crippen LogP contribution in [0.1, 0.15) is 43.6 Å². The first-order valence-electron chi connectivity index (χ1n) is 13.6. The summed E-state index contributed by atoms with van der Waals surface area (Å²) >= 11 is -0.317. The van der Waals surface area contributed by atoms with Crippen LogP contribution in [-0.2, 0) is 17.8 Å². The summed E-state index contributed by atoms with van der Waals surface area (Å²) in [5.41, 5.74) is -6.48. The summed E-state index contributed by atoms with van der Waals surface area (Å²) in [7, 11) is 0. The molecule has 1 amide bonds. The van der Waals surface area contributed by atoms with Crippen molar-refractivity contribution in [3.63, 3.8) is 0 Å². The Morgan fingerprint density at radius 2 is 1.52 bits per heavy atom. The van der Waals surface area contributed by atoms with E-state index in [-0.39, 0.29) is 52.1 Å². The van der Waals surface area contributed by atoms with Crippen molar-refractivity contribution in [2.45, 2.75) is 62.8 Å². The number of alkyl halides is 3. The van der Waals surface area contributed by atoms with Crippen LogP contribution in [0.3, 0.4) is 0 Å². The minimum atomic E-state index is -4.58. The molecule has 1 atom stereocenters. The molecule has 12 heteroatoms. The molecular weight excluding hydrogens is 598 g/mol. The standard InChI is InChI=1S/C32H31F4N3O4S/c1-20-27(23-15-9-10-16-24(23)33)28(40)39(19-25(21-12-6-5-7-13-21)37-29(41)43-31(2,3)4)30(42)38(20)18-22-14-8-11-17-26(22)44-32(34,35)36/h5-17,25H,18-19H2,1-4H3,(H,37,41)/t25-/m0/s1. The normalized spacial score (nSPS) is 12.5. The third kappa shape index (κ3) is 7.98. The second-order valence-electron chi connectivity index (χ2n) is 11.0. The Bertz CT molecular complexity index is 1760. The van der Waals surface area contributed by atoms with Gasteiger partial charge in [0.25, 0.3) is 5.56 Å². The number of nitrogens with zero attached hydrogens (tertiary/aromatic N) is 2. The van der Waals surface area contributed by atoms with Crippen LogP contribution < -0.4 is 16.6 Å². The highest BCUT2D eigenvalue weighted by Crippen LogP contribution is 2.38. The van der Waals surface area contributed by atoms with Gasteiger partial charge in [-0.15, -0.1) is 0 Å². The zero-order valence-corrected chi connectivity index (χ0v) is 25.3. The predicted molar refractivity (Wildman–Crippen MR) is 161 cm³/mol. The van der Waals surface area contributed by atoms with E-state index in [0.717, 1.165) is 9.13 Å². The summed E-state index contributed by atoms with van der Waals surface area (Å²) < 4.78 is 62.5. The van der Waals surface area contributed by atoms with Gasteiger partial charge in [-0.25, -0.2) is 14.0 Å². The Balaban J connectivity index is 1.91. The molecule has 1 N–H and O–H groups in total. The molecule has 44 heavy (non-hydrogen) atoms. The number of amides is 1. The van der Waals surface area contributed by atoms with E-state index in [2.05, 4.69) is 5.32 Å². The molecule has 1 heterocycles. The van der Waals surface area contributed by atoms with Gasteiger partial charge in [0.2, 0.25) is 0 Å². The lowest BCUT2D eigenvalue weighted by atomic mass is 10.0. The Morgan fingerprint density at radius 3 is 2.16 bits per heavy atom. The molecule has 0 aliphatic rings. The van der Waals surface area contributed by atoms with Crippen molar-refractivity contribution in [3.8, 4) is 11.1 Å². The molecule has 0 aliphatic carbocycles. The Hall–Kier alpha value is -4.32. The van der Waals surface area contributed by atoms with E-state index in [4.69, 9.17) is 4.74 Å². The third-order valence-corrected chi connectivity index (χ3v) is 7.47. The van der Waals surface area contributed by atoms with Gasteiger partial charge in [0, 0.05) is 16.2 Å². The molecule has 0 saturated heterocycles. The van der Waals surface area contributed by atoms with E-state index >= 15 is 4.39 Å². The molecule has 4 aromatic rings. The molecule has 0 saturated carbocycles. The average molecular weight is 630 g/mol. The number of alkyl carbamates (subject to hydrolysis) is 1. The fourth-order valence-electron chi connectivity index (χ4n) is 4.70. The van der Waals surface area contributed by atoms with Crippen LogP contribution >= 0.6 is 11.8 Å². The number of thioether (sulfide) groups is 1. The summed E-state index contributed by atoms with van der Waals surface area (Å²) in [6, 6.07) is 18.9. The monoisotopic (exact) mass is 629 g/mol. The number of aromatic nitrogens is 2. The quantitative estimate of drug-likeness (QED) is 0.167. The highest BCUT2D eigenvalue weighted by Gasteiger charge is 2.31. The van der Waals surface area contributed by atoms with Crippen molar-refractivity contribution in [3.05, 3.63) is 122 Å². The second kappa shape index (κ2) is 13.1.